The van der Waals surface area contributed by atoms with Crippen LogP contribution in [0.25, 0.3) is 5.69 Å². The summed E-state index contributed by atoms with van der Waals surface area (Å²) in [4.78, 5) is 13.5. The molecule has 0 aliphatic carbocycles. The summed E-state index contributed by atoms with van der Waals surface area (Å²) in [5, 5.41) is 4.19. The number of hydrazone groups is 1. The molecule has 0 atom stereocenters. The molecule has 0 saturated carbocycles. The van der Waals surface area contributed by atoms with Crippen LogP contribution in [-0.2, 0) is 16.6 Å². The van der Waals surface area contributed by atoms with Gasteiger partial charge in [0.15, 0.2) is 0 Å². The van der Waals surface area contributed by atoms with Gasteiger partial charge in [0.25, 0.3) is 15.9 Å². The quantitative estimate of drug-likeness (QED) is 0.146. The van der Waals surface area contributed by atoms with Crippen molar-refractivity contribution in [2.75, 3.05) is 11.4 Å². The van der Waals surface area contributed by atoms with Crippen molar-refractivity contribution < 1.29 is 22.3 Å². The van der Waals surface area contributed by atoms with Crippen molar-refractivity contribution in [2.45, 2.75) is 25.3 Å². The van der Waals surface area contributed by atoms with E-state index in [0.29, 0.717) is 5.75 Å². The van der Waals surface area contributed by atoms with E-state index in [1.165, 1.54) is 41.9 Å². The number of para-hydroxylation sites is 1. The Kier molecular flexibility index (Phi) is 8.91. The van der Waals surface area contributed by atoms with Gasteiger partial charge in [0.2, 0.25) is 0 Å². The molecule has 1 amide bonds. The number of rotatable bonds is 10. The van der Waals surface area contributed by atoms with Gasteiger partial charge in [0, 0.05) is 22.6 Å². The summed E-state index contributed by atoms with van der Waals surface area (Å²) in [5.74, 6) is -0.373. The van der Waals surface area contributed by atoms with Gasteiger partial charge >= 0.3 is 0 Å². The molecule has 8 nitrogen and oxygen atoms in total. The number of hydrogen-bond donors (Lipinski definition) is 1. The molecule has 1 N–H and O–H groups in total. The van der Waals surface area contributed by atoms with Crippen molar-refractivity contribution in [3.63, 3.8) is 0 Å². The number of benzene rings is 4. The predicted molar refractivity (Wildman–Crippen MR) is 170 cm³/mol. The maximum Gasteiger partial charge on any atom is 0.273 e. The van der Waals surface area contributed by atoms with Gasteiger partial charge in [-0.25, -0.2) is 18.2 Å². The van der Waals surface area contributed by atoms with Crippen molar-refractivity contribution >= 4 is 27.8 Å². The van der Waals surface area contributed by atoms with Gasteiger partial charge < -0.3 is 9.30 Å². The Labute approximate surface area is 256 Å². The summed E-state index contributed by atoms with van der Waals surface area (Å²) in [6.45, 7) is 3.82. The monoisotopic (exact) mass is 610 g/mol. The van der Waals surface area contributed by atoms with E-state index in [9.17, 15) is 17.6 Å². The standard InChI is InChI=1S/C34H31FN4O4S/c1-24-21-27(25(2)39(24)29-15-13-28(35)14-16-29)22-36-37-34(40)32-11-7-8-12-33(32)38(23-26-9-5-4-6-10-26)44(41,42)31-19-17-30(43-3)18-20-31/h4-22H,23H2,1-3H3,(H,37,40)/b36-22+. The summed E-state index contributed by atoms with van der Waals surface area (Å²) >= 11 is 0. The van der Waals surface area contributed by atoms with Gasteiger partial charge in [-0.3, -0.25) is 9.10 Å². The van der Waals surface area contributed by atoms with E-state index in [1.54, 1.807) is 48.5 Å². The molecule has 44 heavy (non-hydrogen) atoms. The molecule has 0 bridgehead atoms. The summed E-state index contributed by atoms with van der Waals surface area (Å²) in [6.07, 6.45) is 1.53. The minimum Gasteiger partial charge on any atom is -0.497 e. The molecule has 1 aromatic heterocycles. The predicted octanol–water partition coefficient (Wildman–Crippen LogP) is 6.40. The Morgan fingerprint density at radius 1 is 0.932 bits per heavy atom. The van der Waals surface area contributed by atoms with E-state index in [-0.39, 0.29) is 28.5 Å². The summed E-state index contributed by atoms with van der Waals surface area (Å²) < 4.78 is 49.9. The van der Waals surface area contributed by atoms with E-state index in [2.05, 4.69) is 10.5 Å². The Morgan fingerprint density at radius 2 is 1.59 bits per heavy atom. The second-order valence-electron chi connectivity index (χ2n) is 10.0. The van der Waals surface area contributed by atoms with Crippen LogP contribution in [0.15, 0.2) is 119 Å². The number of anilines is 1. The highest BCUT2D eigenvalue weighted by Gasteiger charge is 2.28. The van der Waals surface area contributed by atoms with Crippen LogP contribution in [0.1, 0.15) is 32.9 Å². The van der Waals surface area contributed by atoms with Crippen LogP contribution >= 0.6 is 0 Å². The van der Waals surface area contributed by atoms with Gasteiger partial charge in [-0.2, -0.15) is 5.10 Å². The molecule has 0 spiro atoms. The molecular formula is C34H31FN4O4S. The third kappa shape index (κ3) is 6.40. The number of aryl methyl sites for hydroxylation is 1. The molecule has 0 unspecified atom stereocenters. The van der Waals surface area contributed by atoms with Crippen LogP contribution < -0.4 is 14.5 Å². The first-order valence-corrected chi connectivity index (χ1v) is 15.2. The third-order valence-electron chi connectivity index (χ3n) is 7.16. The number of hydrogen-bond acceptors (Lipinski definition) is 5. The molecule has 0 aliphatic heterocycles. The molecule has 0 fully saturated rings. The second kappa shape index (κ2) is 13.0. The van der Waals surface area contributed by atoms with Crippen molar-refractivity contribution in [1.82, 2.24) is 9.99 Å². The number of amides is 1. The molecule has 0 aliphatic rings. The lowest BCUT2D eigenvalue weighted by Crippen LogP contribution is -2.33. The van der Waals surface area contributed by atoms with Crippen molar-refractivity contribution in [3.8, 4) is 11.4 Å². The third-order valence-corrected chi connectivity index (χ3v) is 8.93. The molecule has 0 radical (unpaired) electrons. The zero-order valence-corrected chi connectivity index (χ0v) is 25.3. The Morgan fingerprint density at radius 3 is 2.27 bits per heavy atom. The second-order valence-corrected chi connectivity index (χ2v) is 11.9. The zero-order valence-electron chi connectivity index (χ0n) is 24.4. The molecule has 0 saturated heterocycles. The van der Waals surface area contributed by atoms with Crippen LogP contribution in [0.5, 0.6) is 5.75 Å². The molecule has 5 rings (SSSR count). The Balaban J connectivity index is 1.45. The minimum atomic E-state index is -4.10. The van der Waals surface area contributed by atoms with Crippen LogP contribution in [0, 0.1) is 19.7 Å². The SMILES string of the molecule is COc1ccc(S(=O)(=O)N(Cc2ccccc2)c2ccccc2C(=O)N/N=C/c2cc(C)n(-c3ccc(F)cc3)c2C)cc1. The number of aromatic nitrogens is 1. The number of sulfonamides is 1. The number of carbonyl (C=O) groups is 1. The van der Waals surface area contributed by atoms with Crippen molar-refractivity contribution in [2.24, 2.45) is 5.10 Å². The highest BCUT2D eigenvalue weighted by molar-refractivity contribution is 7.92. The lowest BCUT2D eigenvalue weighted by atomic mass is 10.1. The van der Waals surface area contributed by atoms with Gasteiger partial charge in [-0.05, 0) is 86.1 Å². The first kappa shape index (κ1) is 30.2. The number of nitrogens with one attached hydrogen (secondary N) is 1. The number of methoxy groups -OCH3 is 1. The fourth-order valence-corrected chi connectivity index (χ4v) is 6.41. The number of ether oxygens (including phenoxy) is 1. The fraction of sp³-hybridized carbons (Fsp3) is 0.118. The van der Waals surface area contributed by atoms with Crippen LogP contribution in [-0.4, -0.2) is 32.2 Å². The topological polar surface area (TPSA) is 93.0 Å². The molecule has 224 valence electrons. The van der Waals surface area contributed by atoms with Crippen LogP contribution in [0.4, 0.5) is 10.1 Å². The van der Waals surface area contributed by atoms with Gasteiger partial charge in [0.1, 0.15) is 11.6 Å². The Hall–Kier alpha value is -5.22. The smallest absolute Gasteiger partial charge is 0.273 e. The fourth-order valence-electron chi connectivity index (χ4n) is 4.93. The number of carbonyl (C=O) groups excluding carboxylic acids is 1. The zero-order chi connectivity index (χ0) is 31.3. The first-order chi connectivity index (χ1) is 21.2. The van der Waals surface area contributed by atoms with Crippen molar-refractivity contribution in [1.29, 1.82) is 0 Å². The van der Waals surface area contributed by atoms with Crippen molar-refractivity contribution in [3.05, 3.63) is 143 Å². The largest absolute Gasteiger partial charge is 0.497 e. The van der Waals surface area contributed by atoms with E-state index >= 15 is 0 Å². The van der Waals surface area contributed by atoms with E-state index in [1.807, 2.05) is 54.8 Å². The average Bonchev–Trinajstić information content (AvgIpc) is 3.32. The average molecular weight is 611 g/mol. The summed E-state index contributed by atoms with van der Waals surface area (Å²) in [6, 6.07) is 29.8. The summed E-state index contributed by atoms with van der Waals surface area (Å²) in [5.41, 5.74) is 6.95. The van der Waals surface area contributed by atoms with Gasteiger partial charge in [0.05, 0.1) is 36.0 Å². The van der Waals surface area contributed by atoms with Gasteiger partial charge in [-0.1, -0.05) is 42.5 Å². The summed E-state index contributed by atoms with van der Waals surface area (Å²) in [7, 11) is -2.59. The number of nitrogens with zero attached hydrogens (tertiary/aromatic N) is 3. The molecule has 10 heteroatoms. The maximum absolute atomic E-state index is 14.0. The van der Waals surface area contributed by atoms with E-state index < -0.39 is 15.9 Å². The van der Waals surface area contributed by atoms with E-state index in [4.69, 9.17) is 4.74 Å². The first-order valence-electron chi connectivity index (χ1n) is 13.8. The lowest BCUT2D eigenvalue weighted by molar-refractivity contribution is 0.0955. The normalized spacial score (nSPS) is 11.5. The minimum absolute atomic E-state index is 0.00185. The molecular weight excluding hydrogens is 579 g/mol. The van der Waals surface area contributed by atoms with Crippen LogP contribution in [0.3, 0.4) is 0 Å². The van der Waals surface area contributed by atoms with Crippen LogP contribution in [0.2, 0.25) is 0 Å². The molecule has 5 aromatic rings. The van der Waals surface area contributed by atoms with E-state index in [0.717, 1.165) is 28.2 Å². The molecule has 1 heterocycles. The van der Waals surface area contributed by atoms with Gasteiger partial charge in [-0.15, -0.1) is 0 Å². The maximum atomic E-state index is 14.0. The highest BCUT2D eigenvalue weighted by atomic mass is 32.2. The Bertz CT molecular complexity index is 1900. The number of halogens is 1. The lowest BCUT2D eigenvalue weighted by Gasteiger charge is -2.26. The highest BCUT2D eigenvalue weighted by Crippen LogP contribution is 2.30. The molecule has 4 aromatic carbocycles.